The van der Waals surface area contributed by atoms with E-state index in [-0.39, 0.29) is 11.8 Å². The van der Waals surface area contributed by atoms with Crippen LogP contribution in [0.1, 0.15) is 13.8 Å². The number of anilines is 1. The summed E-state index contributed by atoms with van der Waals surface area (Å²) in [7, 11) is 0. The summed E-state index contributed by atoms with van der Waals surface area (Å²) in [5.41, 5.74) is 3.42. The lowest BCUT2D eigenvalue weighted by molar-refractivity contribution is -0.140. The first-order chi connectivity index (χ1) is 6.61. The van der Waals surface area contributed by atoms with Gasteiger partial charge in [0.2, 0.25) is 11.8 Å². The Balaban J connectivity index is 2.75. The summed E-state index contributed by atoms with van der Waals surface area (Å²) in [5.74, 6) is -0.664. The molecule has 74 valence electrons. The van der Waals surface area contributed by atoms with Crippen LogP contribution in [0.5, 0.6) is 0 Å². The van der Waals surface area contributed by atoms with E-state index in [0.29, 0.717) is 5.69 Å². The van der Waals surface area contributed by atoms with Crippen molar-refractivity contribution < 1.29 is 9.59 Å². The van der Waals surface area contributed by atoms with Gasteiger partial charge in [0.25, 0.3) is 0 Å². The number of rotatable bonds is 2. The van der Waals surface area contributed by atoms with Gasteiger partial charge in [-0.05, 0) is 12.1 Å². The molecular weight excluding hydrogens is 180 g/mol. The molecular formula is C10H12N2O2. The van der Waals surface area contributed by atoms with E-state index < -0.39 is 0 Å². The van der Waals surface area contributed by atoms with E-state index in [1.807, 2.05) is 18.2 Å². The fraction of sp³-hybridized carbons (Fsp3) is 0.200. The van der Waals surface area contributed by atoms with E-state index in [1.54, 1.807) is 12.1 Å². The third-order valence-corrected chi connectivity index (χ3v) is 1.64. The molecule has 14 heavy (non-hydrogen) atoms. The van der Waals surface area contributed by atoms with E-state index in [4.69, 9.17) is 0 Å². The van der Waals surface area contributed by atoms with Gasteiger partial charge in [-0.1, -0.05) is 18.2 Å². The molecule has 0 radical (unpaired) electrons. The zero-order chi connectivity index (χ0) is 10.6. The average Bonchev–Trinajstić information content (AvgIpc) is 2.15. The first-order valence-electron chi connectivity index (χ1n) is 4.24. The van der Waals surface area contributed by atoms with Crippen LogP contribution in [0.25, 0.3) is 0 Å². The first kappa shape index (κ1) is 10.2. The lowest BCUT2D eigenvalue weighted by atomic mass is 10.3. The van der Waals surface area contributed by atoms with Gasteiger partial charge in [0, 0.05) is 13.8 Å². The Labute approximate surface area is 82.5 Å². The third-order valence-electron chi connectivity index (χ3n) is 1.64. The van der Waals surface area contributed by atoms with Crippen LogP contribution in [0, 0.1) is 0 Å². The van der Waals surface area contributed by atoms with E-state index in [1.165, 1.54) is 13.8 Å². The van der Waals surface area contributed by atoms with E-state index in [2.05, 4.69) is 5.43 Å². The summed E-state index contributed by atoms with van der Waals surface area (Å²) in [5, 5.41) is 0.968. The Bertz CT molecular complexity index is 321. The van der Waals surface area contributed by atoms with Crippen molar-refractivity contribution in [3.63, 3.8) is 0 Å². The maximum Gasteiger partial charge on any atom is 0.244 e. The van der Waals surface area contributed by atoms with Crippen LogP contribution in [0.3, 0.4) is 0 Å². The normalized spacial score (nSPS) is 9.29. The molecule has 1 N–H and O–H groups in total. The quantitative estimate of drug-likeness (QED) is 0.721. The van der Waals surface area contributed by atoms with Crippen LogP contribution in [-0.4, -0.2) is 16.8 Å². The van der Waals surface area contributed by atoms with Crippen LogP contribution in [0.4, 0.5) is 5.69 Å². The van der Waals surface area contributed by atoms with Gasteiger partial charge in [0.1, 0.15) is 0 Å². The monoisotopic (exact) mass is 192 g/mol. The Morgan fingerprint density at radius 2 is 1.57 bits per heavy atom. The number of imide groups is 1. The summed E-state index contributed by atoms with van der Waals surface area (Å²) in [6, 6.07) is 9.05. The summed E-state index contributed by atoms with van der Waals surface area (Å²) < 4.78 is 0. The molecule has 0 bridgehead atoms. The molecule has 4 heteroatoms. The summed E-state index contributed by atoms with van der Waals surface area (Å²) in [4.78, 5) is 22.1. The molecule has 1 rings (SSSR count). The zero-order valence-corrected chi connectivity index (χ0v) is 8.15. The number of hydrazine groups is 1. The third kappa shape index (κ3) is 2.58. The Kier molecular flexibility index (Phi) is 3.23. The number of nitrogens with one attached hydrogen (secondary N) is 1. The molecule has 0 aromatic heterocycles. The maximum atomic E-state index is 11.0. The average molecular weight is 192 g/mol. The summed E-state index contributed by atoms with van der Waals surface area (Å²) in [6.07, 6.45) is 0. The number of hydrogen-bond donors (Lipinski definition) is 1. The molecule has 0 fully saturated rings. The van der Waals surface area contributed by atoms with Crippen molar-refractivity contribution in [2.45, 2.75) is 13.8 Å². The van der Waals surface area contributed by atoms with Crippen LogP contribution >= 0.6 is 0 Å². The molecule has 0 unspecified atom stereocenters. The first-order valence-corrected chi connectivity index (χ1v) is 4.24. The molecule has 0 heterocycles. The summed E-state index contributed by atoms with van der Waals surface area (Å²) >= 11 is 0. The van der Waals surface area contributed by atoms with Crippen molar-refractivity contribution in [2.75, 3.05) is 5.43 Å². The van der Waals surface area contributed by atoms with Gasteiger partial charge in [0.15, 0.2) is 0 Å². The second-order valence-corrected chi connectivity index (χ2v) is 2.85. The molecule has 0 spiro atoms. The van der Waals surface area contributed by atoms with Crippen LogP contribution in [-0.2, 0) is 9.59 Å². The van der Waals surface area contributed by atoms with Crippen LogP contribution < -0.4 is 5.43 Å². The van der Waals surface area contributed by atoms with Crippen molar-refractivity contribution >= 4 is 17.5 Å². The highest BCUT2D eigenvalue weighted by Gasteiger charge is 2.12. The lowest BCUT2D eigenvalue weighted by Gasteiger charge is -2.18. The van der Waals surface area contributed by atoms with Crippen molar-refractivity contribution in [3.05, 3.63) is 30.3 Å². The molecule has 1 aromatic rings. The van der Waals surface area contributed by atoms with Crippen LogP contribution in [0.15, 0.2) is 30.3 Å². The zero-order valence-electron chi connectivity index (χ0n) is 8.15. The smallest absolute Gasteiger partial charge is 0.244 e. The molecule has 0 saturated carbocycles. The molecule has 2 amide bonds. The van der Waals surface area contributed by atoms with Crippen molar-refractivity contribution in [3.8, 4) is 0 Å². The fourth-order valence-electron chi connectivity index (χ4n) is 1.02. The number of nitrogens with zero attached hydrogens (tertiary/aromatic N) is 1. The predicted molar refractivity (Wildman–Crippen MR) is 53.3 cm³/mol. The molecule has 0 aliphatic rings. The number of carbonyl (C=O) groups excluding carboxylic acids is 2. The van der Waals surface area contributed by atoms with Gasteiger partial charge in [0.05, 0.1) is 5.69 Å². The fourth-order valence-corrected chi connectivity index (χ4v) is 1.02. The van der Waals surface area contributed by atoms with E-state index in [9.17, 15) is 9.59 Å². The topological polar surface area (TPSA) is 49.4 Å². The van der Waals surface area contributed by atoms with Crippen molar-refractivity contribution in [1.29, 1.82) is 0 Å². The van der Waals surface area contributed by atoms with Gasteiger partial charge in [-0.3, -0.25) is 15.0 Å². The number of hydrogen-bond acceptors (Lipinski definition) is 3. The highest BCUT2D eigenvalue weighted by Crippen LogP contribution is 2.06. The lowest BCUT2D eigenvalue weighted by Crippen LogP contribution is -2.38. The minimum absolute atomic E-state index is 0.332. The SMILES string of the molecule is CC(=O)N(Nc1ccccc1)C(C)=O. The standard InChI is InChI=1S/C10H12N2O2/c1-8(13)12(9(2)14)11-10-6-4-3-5-7-10/h3-7,11H,1-2H3. The second kappa shape index (κ2) is 4.41. The maximum absolute atomic E-state index is 11.0. The van der Waals surface area contributed by atoms with E-state index >= 15 is 0 Å². The number of benzene rings is 1. The number of para-hydroxylation sites is 1. The molecule has 0 aliphatic carbocycles. The Hall–Kier alpha value is -1.84. The molecule has 0 saturated heterocycles. The second-order valence-electron chi connectivity index (χ2n) is 2.85. The highest BCUT2D eigenvalue weighted by atomic mass is 16.2. The van der Waals surface area contributed by atoms with Crippen LogP contribution in [0.2, 0.25) is 0 Å². The molecule has 4 nitrogen and oxygen atoms in total. The Morgan fingerprint density at radius 1 is 1.07 bits per heavy atom. The minimum atomic E-state index is -0.332. The number of amides is 2. The van der Waals surface area contributed by atoms with Gasteiger partial charge >= 0.3 is 0 Å². The predicted octanol–water partition coefficient (Wildman–Crippen LogP) is 1.41. The molecule has 0 aliphatic heterocycles. The van der Waals surface area contributed by atoms with Crippen molar-refractivity contribution in [2.24, 2.45) is 0 Å². The van der Waals surface area contributed by atoms with Gasteiger partial charge < -0.3 is 0 Å². The van der Waals surface area contributed by atoms with Gasteiger partial charge in [-0.2, -0.15) is 5.01 Å². The minimum Gasteiger partial charge on any atom is -0.289 e. The molecule has 0 atom stereocenters. The van der Waals surface area contributed by atoms with Crippen molar-refractivity contribution in [1.82, 2.24) is 5.01 Å². The molecule has 1 aromatic carbocycles. The largest absolute Gasteiger partial charge is 0.289 e. The Morgan fingerprint density at radius 3 is 2.00 bits per heavy atom. The number of carbonyl (C=O) groups is 2. The van der Waals surface area contributed by atoms with Gasteiger partial charge in [-0.15, -0.1) is 0 Å². The van der Waals surface area contributed by atoms with E-state index in [0.717, 1.165) is 5.01 Å². The van der Waals surface area contributed by atoms with Gasteiger partial charge in [-0.25, -0.2) is 0 Å². The summed E-state index contributed by atoms with van der Waals surface area (Å²) in [6.45, 7) is 2.66. The highest BCUT2D eigenvalue weighted by molar-refractivity contribution is 5.94.